The van der Waals surface area contributed by atoms with Crippen LogP contribution in [0.1, 0.15) is 45.4 Å². The Morgan fingerprint density at radius 2 is 2.38 bits per heavy atom. The molecule has 0 aromatic rings. The van der Waals surface area contributed by atoms with Crippen molar-refractivity contribution in [2.45, 2.75) is 51.6 Å². The minimum atomic E-state index is -0.334. The maximum atomic E-state index is 12.2. The fraction of sp³-hybridized carbons (Fsp3) is 0.643. The summed E-state index contributed by atoms with van der Waals surface area (Å²) in [6.07, 6.45) is 10.7. The lowest BCUT2D eigenvalue weighted by molar-refractivity contribution is -0.129. The zero-order valence-corrected chi connectivity index (χ0v) is 9.91. The first-order valence-electron chi connectivity index (χ1n) is 6.23. The number of aliphatic hydroxyl groups is 1. The molecule has 2 aliphatic carbocycles. The van der Waals surface area contributed by atoms with E-state index in [2.05, 4.69) is 6.08 Å². The van der Waals surface area contributed by atoms with Crippen molar-refractivity contribution >= 4 is 5.78 Å². The van der Waals surface area contributed by atoms with Crippen LogP contribution in [-0.4, -0.2) is 17.0 Å². The highest BCUT2D eigenvalue weighted by atomic mass is 16.3. The highest BCUT2D eigenvalue weighted by Crippen LogP contribution is 2.47. The molecule has 2 rings (SSSR count). The molecule has 0 aliphatic heterocycles. The molecule has 0 saturated heterocycles. The van der Waals surface area contributed by atoms with Gasteiger partial charge in [-0.3, -0.25) is 4.79 Å². The maximum absolute atomic E-state index is 12.2. The van der Waals surface area contributed by atoms with Crippen molar-refractivity contribution in [1.29, 1.82) is 0 Å². The van der Waals surface area contributed by atoms with Crippen LogP contribution in [0.2, 0.25) is 0 Å². The first kappa shape index (κ1) is 11.6. The Balaban J connectivity index is 2.33. The van der Waals surface area contributed by atoms with Gasteiger partial charge in [0, 0.05) is 6.42 Å². The van der Waals surface area contributed by atoms with Gasteiger partial charge in [0.1, 0.15) is 5.78 Å². The molecule has 0 radical (unpaired) electrons. The molecule has 0 bridgehead atoms. The van der Waals surface area contributed by atoms with Gasteiger partial charge in [0.05, 0.1) is 11.5 Å². The molecule has 0 amide bonds. The molecule has 0 unspecified atom stereocenters. The Morgan fingerprint density at radius 3 is 3.12 bits per heavy atom. The number of rotatable bonds is 2. The summed E-state index contributed by atoms with van der Waals surface area (Å²) < 4.78 is 0. The maximum Gasteiger partial charge on any atom is 0.143 e. The lowest BCUT2D eigenvalue weighted by Gasteiger charge is -2.41. The minimum absolute atomic E-state index is 0.260. The molecule has 16 heavy (non-hydrogen) atoms. The number of Topliss-reactive ketones (excluding diaryl/α,β-unsaturated/α-hetero) is 1. The number of ketones is 1. The van der Waals surface area contributed by atoms with Crippen molar-refractivity contribution in [3.63, 3.8) is 0 Å². The van der Waals surface area contributed by atoms with Crippen molar-refractivity contribution < 1.29 is 9.90 Å². The first-order chi connectivity index (χ1) is 7.69. The zero-order chi connectivity index (χ0) is 11.6. The van der Waals surface area contributed by atoms with E-state index in [0.717, 1.165) is 32.1 Å². The monoisotopic (exact) mass is 220 g/mol. The molecule has 0 aromatic heterocycles. The van der Waals surface area contributed by atoms with E-state index in [1.54, 1.807) is 0 Å². The van der Waals surface area contributed by atoms with Gasteiger partial charge in [-0.1, -0.05) is 23.8 Å². The van der Waals surface area contributed by atoms with Crippen molar-refractivity contribution in [3.05, 3.63) is 23.8 Å². The number of allylic oxidation sites excluding steroid dienone is 3. The second-order valence-corrected chi connectivity index (χ2v) is 4.93. The number of carbonyl (C=O) groups is 1. The molecule has 2 nitrogen and oxygen atoms in total. The second-order valence-electron chi connectivity index (χ2n) is 4.93. The lowest BCUT2D eigenvalue weighted by Crippen LogP contribution is -2.39. The summed E-state index contributed by atoms with van der Waals surface area (Å²) in [7, 11) is 0. The van der Waals surface area contributed by atoms with Crippen LogP contribution in [0, 0.1) is 5.41 Å². The molecule has 88 valence electrons. The molecule has 0 aromatic carbocycles. The van der Waals surface area contributed by atoms with Gasteiger partial charge >= 0.3 is 0 Å². The average Bonchev–Trinajstić information content (AvgIpc) is 2.28. The third-order valence-electron chi connectivity index (χ3n) is 3.96. The first-order valence-corrected chi connectivity index (χ1v) is 6.23. The van der Waals surface area contributed by atoms with Gasteiger partial charge in [-0.2, -0.15) is 0 Å². The van der Waals surface area contributed by atoms with Crippen LogP contribution in [0.15, 0.2) is 23.8 Å². The number of fused-ring (bicyclic) bond motifs is 1. The van der Waals surface area contributed by atoms with E-state index in [0.29, 0.717) is 12.2 Å². The molecule has 1 saturated carbocycles. The average molecular weight is 220 g/mol. The van der Waals surface area contributed by atoms with E-state index in [1.807, 2.05) is 19.1 Å². The number of carbonyl (C=O) groups excluding carboxylic acids is 1. The summed E-state index contributed by atoms with van der Waals surface area (Å²) in [6, 6.07) is 0. The molecule has 2 atom stereocenters. The van der Waals surface area contributed by atoms with Crippen molar-refractivity contribution in [3.8, 4) is 0 Å². The number of hydrogen-bond donors (Lipinski definition) is 1. The van der Waals surface area contributed by atoms with Crippen LogP contribution in [-0.2, 0) is 4.79 Å². The Hall–Kier alpha value is -0.890. The SMILES string of the molecule is C/C=C\C[C@@]12CC[C@H](O)C=C1CCCC2=O. The van der Waals surface area contributed by atoms with Crippen LogP contribution in [0.4, 0.5) is 0 Å². The van der Waals surface area contributed by atoms with E-state index in [4.69, 9.17) is 0 Å². The molecule has 1 N–H and O–H groups in total. The largest absolute Gasteiger partial charge is 0.389 e. The van der Waals surface area contributed by atoms with E-state index in [-0.39, 0.29) is 11.5 Å². The van der Waals surface area contributed by atoms with Gasteiger partial charge in [0.25, 0.3) is 0 Å². The highest BCUT2D eigenvalue weighted by Gasteiger charge is 2.44. The van der Waals surface area contributed by atoms with E-state index < -0.39 is 0 Å². The van der Waals surface area contributed by atoms with Gasteiger partial charge in [-0.25, -0.2) is 0 Å². The smallest absolute Gasteiger partial charge is 0.143 e. The molecular weight excluding hydrogens is 200 g/mol. The summed E-state index contributed by atoms with van der Waals surface area (Å²) in [5.74, 6) is 0.384. The summed E-state index contributed by atoms with van der Waals surface area (Å²) in [6.45, 7) is 1.99. The third-order valence-corrected chi connectivity index (χ3v) is 3.96. The summed E-state index contributed by atoms with van der Waals surface area (Å²) in [4.78, 5) is 12.2. The fourth-order valence-corrected chi connectivity index (χ4v) is 3.02. The lowest BCUT2D eigenvalue weighted by atomic mass is 9.62. The van der Waals surface area contributed by atoms with Gasteiger partial charge in [0.2, 0.25) is 0 Å². The number of aliphatic hydroxyl groups excluding tert-OH is 1. The summed E-state index contributed by atoms with van der Waals surface area (Å²) in [5.41, 5.74) is 0.935. The van der Waals surface area contributed by atoms with E-state index in [1.165, 1.54) is 5.57 Å². The van der Waals surface area contributed by atoms with Crippen molar-refractivity contribution in [2.75, 3.05) is 0 Å². The van der Waals surface area contributed by atoms with Gasteiger partial charge in [0.15, 0.2) is 0 Å². The van der Waals surface area contributed by atoms with Crippen LogP contribution >= 0.6 is 0 Å². The van der Waals surface area contributed by atoms with E-state index >= 15 is 0 Å². The Bertz CT molecular complexity index is 341. The van der Waals surface area contributed by atoms with E-state index in [9.17, 15) is 9.90 Å². The molecular formula is C14H20O2. The van der Waals surface area contributed by atoms with Crippen LogP contribution < -0.4 is 0 Å². The highest BCUT2D eigenvalue weighted by molar-refractivity contribution is 5.89. The van der Waals surface area contributed by atoms with Gasteiger partial charge in [-0.05, 0) is 39.0 Å². The summed E-state index contributed by atoms with van der Waals surface area (Å²) >= 11 is 0. The normalized spacial score (nSPS) is 35.0. The van der Waals surface area contributed by atoms with Crippen LogP contribution in [0.25, 0.3) is 0 Å². The molecule has 0 heterocycles. The molecule has 0 spiro atoms. The Morgan fingerprint density at radius 1 is 1.56 bits per heavy atom. The predicted molar refractivity (Wildman–Crippen MR) is 64.0 cm³/mol. The van der Waals surface area contributed by atoms with Gasteiger partial charge in [-0.15, -0.1) is 0 Å². The zero-order valence-electron chi connectivity index (χ0n) is 9.91. The molecule has 2 heteroatoms. The number of hydrogen-bond acceptors (Lipinski definition) is 2. The predicted octanol–water partition coefficient (Wildman–Crippen LogP) is 2.77. The molecule has 1 fully saturated rings. The van der Waals surface area contributed by atoms with Gasteiger partial charge < -0.3 is 5.11 Å². The summed E-state index contributed by atoms with van der Waals surface area (Å²) in [5, 5.41) is 9.67. The Labute approximate surface area is 97.0 Å². The Kier molecular flexibility index (Phi) is 3.29. The minimum Gasteiger partial charge on any atom is -0.389 e. The second kappa shape index (κ2) is 4.54. The van der Waals surface area contributed by atoms with Crippen LogP contribution in [0.5, 0.6) is 0 Å². The quantitative estimate of drug-likeness (QED) is 0.726. The molecule has 2 aliphatic rings. The fourth-order valence-electron chi connectivity index (χ4n) is 3.02. The third kappa shape index (κ3) is 1.86. The van der Waals surface area contributed by atoms with Crippen molar-refractivity contribution in [1.82, 2.24) is 0 Å². The van der Waals surface area contributed by atoms with Crippen LogP contribution in [0.3, 0.4) is 0 Å². The van der Waals surface area contributed by atoms with Crippen molar-refractivity contribution in [2.24, 2.45) is 5.41 Å². The topological polar surface area (TPSA) is 37.3 Å². The standard InChI is InChI=1S/C14H20O2/c1-2-3-8-14-9-7-12(15)10-11(14)5-4-6-13(14)16/h2-3,10,12,15H,4-9H2,1H3/b3-2-/t12-,14+/m0/s1.